The number of alkyl halides is 2. The summed E-state index contributed by atoms with van der Waals surface area (Å²) in [5.41, 5.74) is 4.75. The van der Waals surface area contributed by atoms with Crippen LogP contribution in [-0.4, -0.2) is 66.3 Å². The largest absolute Gasteiger partial charge is 0.495 e. The van der Waals surface area contributed by atoms with Crippen LogP contribution in [0.25, 0.3) is 27.9 Å². The highest BCUT2D eigenvalue weighted by Crippen LogP contribution is 2.42. The van der Waals surface area contributed by atoms with Crippen LogP contribution in [-0.2, 0) is 4.74 Å². The molecule has 3 heterocycles. The van der Waals surface area contributed by atoms with Gasteiger partial charge in [-0.05, 0) is 29.3 Å². The molecule has 10 nitrogen and oxygen atoms in total. The van der Waals surface area contributed by atoms with Crippen molar-refractivity contribution in [3.05, 3.63) is 66.4 Å². The second kappa shape index (κ2) is 10.9. The molecule has 2 aromatic heterocycles. The van der Waals surface area contributed by atoms with E-state index >= 15 is 0 Å². The lowest BCUT2D eigenvalue weighted by Crippen LogP contribution is -2.48. The van der Waals surface area contributed by atoms with Crippen LogP contribution in [0.3, 0.4) is 0 Å². The molecule has 0 atom stereocenters. The van der Waals surface area contributed by atoms with Crippen molar-refractivity contribution >= 4 is 34.3 Å². The fourth-order valence-corrected chi connectivity index (χ4v) is 4.86. The lowest BCUT2D eigenvalue weighted by atomic mass is 9.91. The van der Waals surface area contributed by atoms with E-state index in [9.17, 15) is 13.6 Å². The third-order valence-electron chi connectivity index (χ3n) is 7.36. The molecule has 12 heteroatoms. The van der Waals surface area contributed by atoms with Crippen LogP contribution in [0.2, 0.25) is 0 Å². The van der Waals surface area contributed by atoms with Crippen LogP contribution in [0.5, 0.6) is 11.6 Å². The number of nitrogens with zero attached hydrogens (tertiary/aromatic N) is 2. The summed E-state index contributed by atoms with van der Waals surface area (Å²) < 4.78 is 44.0. The Morgan fingerprint density at radius 3 is 2.50 bits per heavy atom. The first-order chi connectivity index (χ1) is 20.2. The van der Waals surface area contributed by atoms with Gasteiger partial charge in [0.15, 0.2) is 0 Å². The van der Waals surface area contributed by atoms with Gasteiger partial charge < -0.3 is 35.1 Å². The van der Waals surface area contributed by atoms with Crippen LogP contribution in [0.1, 0.15) is 28.8 Å². The van der Waals surface area contributed by atoms with Crippen molar-refractivity contribution in [2.75, 3.05) is 32.7 Å². The Labute approximate surface area is 240 Å². The van der Waals surface area contributed by atoms with E-state index in [0.717, 1.165) is 22.4 Å². The van der Waals surface area contributed by atoms with Crippen molar-refractivity contribution in [3.8, 4) is 22.8 Å². The monoisotopic (exact) mass is 576 g/mol. The Kier molecular flexibility index (Phi) is 7.15. The Bertz CT molecular complexity index is 1640. The average Bonchev–Trinajstić information content (AvgIpc) is 3.38. The zero-order valence-corrected chi connectivity index (χ0v) is 23.1. The first-order valence-corrected chi connectivity index (χ1v) is 13.5. The van der Waals surface area contributed by atoms with Gasteiger partial charge in [-0.25, -0.2) is 8.78 Å². The minimum Gasteiger partial charge on any atom is -0.495 e. The van der Waals surface area contributed by atoms with E-state index in [0.29, 0.717) is 41.2 Å². The summed E-state index contributed by atoms with van der Waals surface area (Å²) >= 11 is 0. The van der Waals surface area contributed by atoms with Crippen molar-refractivity contribution in [1.82, 2.24) is 25.6 Å². The molecule has 1 saturated carbocycles. The van der Waals surface area contributed by atoms with E-state index < -0.39 is 12.0 Å². The third kappa shape index (κ3) is 5.45. The molecule has 4 aromatic rings. The molecule has 4 N–H and O–H groups in total. The molecule has 0 radical (unpaired) electrons. The van der Waals surface area contributed by atoms with Gasteiger partial charge in [0.1, 0.15) is 17.5 Å². The molecule has 0 bridgehead atoms. The number of aromatic amines is 1. The number of benzene rings is 2. The number of nitrogens with one attached hydrogen (secondary N) is 4. The van der Waals surface area contributed by atoms with Gasteiger partial charge in [-0.3, -0.25) is 4.79 Å². The number of aromatic nitrogens is 3. The highest BCUT2D eigenvalue weighted by atomic mass is 19.3. The number of hydrogen-bond donors (Lipinski definition) is 4. The summed E-state index contributed by atoms with van der Waals surface area (Å²) in [7, 11) is 3.30. The summed E-state index contributed by atoms with van der Waals surface area (Å²) in [6, 6.07) is 12.7. The number of carbonyl (C=O) groups excluding carboxylic acids is 1. The molecule has 0 unspecified atom stereocenters. The first-order valence-electron chi connectivity index (χ1n) is 13.5. The van der Waals surface area contributed by atoms with Crippen LogP contribution in [0, 0.1) is 0 Å². The van der Waals surface area contributed by atoms with Gasteiger partial charge in [0.25, 0.3) is 11.8 Å². The zero-order valence-electron chi connectivity index (χ0n) is 23.1. The normalized spacial score (nSPS) is 16.3. The summed E-state index contributed by atoms with van der Waals surface area (Å²) in [6.45, 7) is 4.97. The predicted octanol–water partition coefficient (Wildman–Crippen LogP) is 4.87. The Morgan fingerprint density at radius 1 is 1.12 bits per heavy atom. The van der Waals surface area contributed by atoms with Gasteiger partial charge in [-0.2, -0.15) is 9.97 Å². The zero-order chi connectivity index (χ0) is 29.4. The maximum atomic E-state index is 13.7. The maximum Gasteiger partial charge on any atom is 0.255 e. The maximum absolute atomic E-state index is 13.7. The smallest absolute Gasteiger partial charge is 0.255 e. The minimum absolute atomic E-state index is 0.00751. The highest BCUT2D eigenvalue weighted by Gasteiger charge is 2.47. The number of amides is 1. The molecule has 218 valence electrons. The molecule has 0 spiro atoms. The van der Waals surface area contributed by atoms with E-state index in [1.165, 1.54) is 7.11 Å². The van der Waals surface area contributed by atoms with Gasteiger partial charge in [0.05, 0.1) is 37.4 Å². The SMILES string of the molecule is C=C(NC)c1ccc(-c2c[nH]c3nc(Nc4ccc(C(=O)NC5COC5)cc4OC)nc(OC4CC(F)(F)C4)c23)cc1. The number of ether oxygens (including phenoxy) is 3. The van der Waals surface area contributed by atoms with Gasteiger partial charge in [-0.15, -0.1) is 0 Å². The topological polar surface area (TPSA) is 122 Å². The highest BCUT2D eigenvalue weighted by molar-refractivity contribution is 5.98. The average molecular weight is 577 g/mol. The number of H-pyrrole nitrogens is 1. The summed E-state index contributed by atoms with van der Waals surface area (Å²) in [5.74, 6) is -2.24. The molecular formula is C30H30F2N6O4. The molecule has 6 rings (SSSR count). The molecule has 2 fully saturated rings. The number of fused-ring (bicyclic) bond motifs is 1. The summed E-state index contributed by atoms with van der Waals surface area (Å²) in [5, 5.41) is 9.63. The van der Waals surface area contributed by atoms with Crippen molar-refractivity contribution in [1.29, 1.82) is 0 Å². The molecule has 1 amide bonds. The van der Waals surface area contributed by atoms with Crippen LogP contribution < -0.4 is 25.4 Å². The van der Waals surface area contributed by atoms with E-state index in [4.69, 9.17) is 14.2 Å². The van der Waals surface area contributed by atoms with Gasteiger partial charge in [0.2, 0.25) is 11.8 Å². The predicted molar refractivity (Wildman–Crippen MR) is 154 cm³/mol. The number of anilines is 2. The number of methoxy groups -OCH3 is 1. The number of carbonyl (C=O) groups is 1. The second-order valence-corrected chi connectivity index (χ2v) is 10.3. The van der Waals surface area contributed by atoms with E-state index in [1.807, 2.05) is 24.3 Å². The van der Waals surface area contributed by atoms with E-state index in [-0.39, 0.29) is 36.6 Å². The lowest BCUT2D eigenvalue weighted by Gasteiger charge is -2.34. The third-order valence-corrected chi connectivity index (χ3v) is 7.36. The van der Waals surface area contributed by atoms with Crippen molar-refractivity contribution in [2.24, 2.45) is 0 Å². The molecule has 1 saturated heterocycles. The molecule has 42 heavy (non-hydrogen) atoms. The Balaban J connectivity index is 1.32. The fourth-order valence-electron chi connectivity index (χ4n) is 4.86. The number of hydrogen-bond acceptors (Lipinski definition) is 8. The first kappa shape index (κ1) is 27.5. The fraction of sp³-hybridized carbons (Fsp3) is 0.300. The Hall–Kier alpha value is -4.71. The molecule has 1 aliphatic heterocycles. The van der Waals surface area contributed by atoms with Gasteiger partial charge in [0, 0.05) is 42.9 Å². The number of halogens is 2. The molecular weight excluding hydrogens is 546 g/mol. The van der Waals surface area contributed by atoms with Gasteiger partial charge >= 0.3 is 0 Å². The summed E-state index contributed by atoms with van der Waals surface area (Å²) in [6.07, 6.45) is 0.343. The van der Waals surface area contributed by atoms with E-state index in [2.05, 4.69) is 37.5 Å². The summed E-state index contributed by atoms with van der Waals surface area (Å²) in [4.78, 5) is 25.0. The minimum atomic E-state index is -2.75. The number of rotatable bonds is 10. The van der Waals surface area contributed by atoms with Crippen LogP contribution >= 0.6 is 0 Å². The molecule has 1 aliphatic carbocycles. The lowest BCUT2D eigenvalue weighted by molar-refractivity contribution is -0.135. The standard InChI is InChI=1S/C30H30F2N6O4/c1-16(33-2)17-4-6-18(7-5-17)22-13-34-26-25(22)28(42-21-11-30(31,32)12-21)38-29(37-26)36-23-9-8-19(10-24(23)40-3)27(39)35-20-14-41-15-20/h4-10,13,20-21,33H,1,11-12,14-15H2,2-3H3,(H,35,39)(H2,34,36,37,38). The van der Waals surface area contributed by atoms with Crippen LogP contribution in [0.4, 0.5) is 20.4 Å². The van der Waals surface area contributed by atoms with Gasteiger partial charge in [-0.1, -0.05) is 30.8 Å². The second-order valence-electron chi connectivity index (χ2n) is 10.3. The molecule has 2 aromatic carbocycles. The van der Waals surface area contributed by atoms with Crippen LogP contribution in [0.15, 0.2) is 55.2 Å². The van der Waals surface area contributed by atoms with E-state index in [1.54, 1.807) is 31.4 Å². The van der Waals surface area contributed by atoms with Crippen molar-refractivity contribution < 1.29 is 27.8 Å². The quantitative estimate of drug-likeness (QED) is 0.211. The van der Waals surface area contributed by atoms with Crippen molar-refractivity contribution in [3.63, 3.8) is 0 Å². The Morgan fingerprint density at radius 2 is 1.86 bits per heavy atom. The molecule has 2 aliphatic rings. The van der Waals surface area contributed by atoms with Crippen molar-refractivity contribution in [2.45, 2.75) is 30.9 Å².